The van der Waals surface area contributed by atoms with Crippen molar-refractivity contribution < 1.29 is 9.90 Å². The number of rotatable bonds is 4. The zero-order valence-electron chi connectivity index (χ0n) is 10.0. The Kier molecular flexibility index (Phi) is 4.15. The summed E-state index contributed by atoms with van der Waals surface area (Å²) in [5.41, 5.74) is 1.17. The summed E-state index contributed by atoms with van der Waals surface area (Å²) < 4.78 is 0. The van der Waals surface area contributed by atoms with Gasteiger partial charge >= 0.3 is 0 Å². The van der Waals surface area contributed by atoms with Crippen LogP contribution >= 0.6 is 11.3 Å². The average molecular weight is 254 g/mol. The fourth-order valence-corrected chi connectivity index (χ4v) is 2.67. The lowest BCUT2D eigenvalue weighted by molar-refractivity contribution is -0.131. The van der Waals surface area contributed by atoms with Crippen molar-refractivity contribution in [3.05, 3.63) is 22.4 Å². The first-order chi connectivity index (χ1) is 8.15. The Balaban J connectivity index is 1.79. The largest absolute Gasteiger partial charge is 0.392 e. The third-order valence-electron chi connectivity index (χ3n) is 3.03. The summed E-state index contributed by atoms with van der Waals surface area (Å²) in [7, 11) is 1.83. The van der Waals surface area contributed by atoms with Crippen LogP contribution in [0.2, 0.25) is 0 Å². The summed E-state index contributed by atoms with van der Waals surface area (Å²) >= 11 is 1.65. The molecule has 1 atom stereocenters. The van der Waals surface area contributed by atoms with Gasteiger partial charge in [-0.25, -0.2) is 0 Å². The molecule has 17 heavy (non-hydrogen) atoms. The molecule has 0 spiro atoms. The maximum Gasteiger partial charge on any atom is 0.236 e. The molecule has 0 bridgehead atoms. The van der Waals surface area contributed by atoms with Crippen LogP contribution < -0.4 is 0 Å². The molecule has 94 valence electrons. The molecule has 0 aliphatic carbocycles. The predicted molar refractivity (Wildman–Crippen MR) is 67.9 cm³/mol. The minimum atomic E-state index is -0.259. The van der Waals surface area contributed by atoms with E-state index in [2.05, 4.69) is 5.38 Å². The molecule has 1 saturated heterocycles. The van der Waals surface area contributed by atoms with E-state index >= 15 is 0 Å². The second-order valence-corrected chi connectivity index (χ2v) is 5.34. The summed E-state index contributed by atoms with van der Waals surface area (Å²) in [5.74, 6) is 0.116. The highest BCUT2D eigenvalue weighted by Crippen LogP contribution is 2.11. The fourth-order valence-electron chi connectivity index (χ4n) is 2.01. The lowest BCUT2D eigenvalue weighted by Crippen LogP contribution is -2.37. The Labute approximate surface area is 105 Å². The highest BCUT2D eigenvalue weighted by Gasteiger charge is 2.23. The number of amides is 1. The lowest BCUT2D eigenvalue weighted by atomic mass is 10.3. The zero-order chi connectivity index (χ0) is 12.3. The molecular weight excluding hydrogens is 236 g/mol. The third kappa shape index (κ3) is 3.52. The van der Waals surface area contributed by atoms with Crippen molar-refractivity contribution in [2.45, 2.75) is 19.1 Å². The Hall–Kier alpha value is -0.910. The van der Waals surface area contributed by atoms with Crippen LogP contribution in [0.5, 0.6) is 0 Å². The van der Waals surface area contributed by atoms with Crippen molar-refractivity contribution in [2.24, 2.45) is 0 Å². The first-order valence-corrected chi connectivity index (χ1v) is 6.75. The lowest BCUT2D eigenvalue weighted by Gasteiger charge is -2.20. The van der Waals surface area contributed by atoms with Crippen LogP contribution in [0.4, 0.5) is 0 Å². The number of hydrogen-bond acceptors (Lipinski definition) is 4. The normalized spacial score (nSPS) is 20.7. The van der Waals surface area contributed by atoms with Crippen molar-refractivity contribution in [2.75, 3.05) is 26.7 Å². The van der Waals surface area contributed by atoms with E-state index in [-0.39, 0.29) is 12.0 Å². The van der Waals surface area contributed by atoms with Crippen LogP contribution in [0.1, 0.15) is 12.0 Å². The number of β-amino-alcohol motifs (C(OH)–C–C–N with tert-alkyl or cyclic N) is 1. The van der Waals surface area contributed by atoms with Crippen LogP contribution in [0, 0.1) is 0 Å². The molecule has 1 aromatic rings. The van der Waals surface area contributed by atoms with Crippen LogP contribution in [-0.2, 0) is 11.3 Å². The quantitative estimate of drug-likeness (QED) is 0.863. The zero-order valence-corrected chi connectivity index (χ0v) is 10.8. The molecule has 1 fully saturated rings. The van der Waals surface area contributed by atoms with Crippen LogP contribution in [-0.4, -0.2) is 53.6 Å². The van der Waals surface area contributed by atoms with Gasteiger partial charge in [-0.05, 0) is 28.8 Å². The van der Waals surface area contributed by atoms with Crippen LogP contribution in [0.3, 0.4) is 0 Å². The van der Waals surface area contributed by atoms with Gasteiger partial charge in [0.2, 0.25) is 5.91 Å². The molecule has 1 unspecified atom stereocenters. The van der Waals surface area contributed by atoms with Crippen molar-refractivity contribution in [1.82, 2.24) is 9.80 Å². The number of thiophene rings is 1. The smallest absolute Gasteiger partial charge is 0.236 e. The molecular formula is C12H18N2O2S. The highest BCUT2D eigenvalue weighted by atomic mass is 32.1. The molecule has 1 aliphatic rings. The van der Waals surface area contributed by atoms with Crippen LogP contribution in [0.15, 0.2) is 16.8 Å². The molecule has 2 rings (SSSR count). The number of hydrogen-bond donors (Lipinski definition) is 1. The Morgan fingerprint density at radius 1 is 1.71 bits per heavy atom. The molecule has 4 nitrogen and oxygen atoms in total. The topological polar surface area (TPSA) is 43.8 Å². The summed E-state index contributed by atoms with van der Waals surface area (Å²) in [6.07, 6.45) is 0.520. The standard InChI is InChI=1S/C12H18N2O2S/c1-13(6-10-3-5-17-9-10)12(16)8-14-4-2-11(15)7-14/h3,5,9,11,15H,2,4,6-8H2,1H3. The van der Waals surface area contributed by atoms with E-state index in [4.69, 9.17) is 0 Å². The van der Waals surface area contributed by atoms with Gasteiger partial charge in [0, 0.05) is 26.7 Å². The van der Waals surface area contributed by atoms with Crippen molar-refractivity contribution in [3.8, 4) is 0 Å². The van der Waals surface area contributed by atoms with Gasteiger partial charge < -0.3 is 10.0 Å². The Morgan fingerprint density at radius 2 is 2.53 bits per heavy atom. The van der Waals surface area contributed by atoms with E-state index < -0.39 is 0 Å². The summed E-state index contributed by atoms with van der Waals surface area (Å²) in [6, 6.07) is 2.04. The number of carbonyl (C=O) groups is 1. The Bertz CT molecular complexity index is 367. The van der Waals surface area contributed by atoms with Gasteiger partial charge in [0.05, 0.1) is 12.6 Å². The van der Waals surface area contributed by atoms with Gasteiger partial charge in [-0.15, -0.1) is 0 Å². The van der Waals surface area contributed by atoms with E-state index in [0.717, 1.165) is 13.0 Å². The van der Waals surface area contributed by atoms with E-state index in [1.807, 2.05) is 23.4 Å². The number of aliphatic hydroxyl groups excluding tert-OH is 1. The van der Waals surface area contributed by atoms with Crippen LogP contribution in [0.25, 0.3) is 0 Å². The molecule has 1 aromatic heterocycles. The predicted octanol–water partition coefficient (Wildman–Crippen LogP) is 0.773. The summed E-state index contributed by atoms with van der Waals surface area (Å²) in [4.78, 5) is 15.7. The third-order valence-corrected chi connectivity index (χ3v) is 3.76. The number of likely N-dealkylation sites (tertiary alicyclic amines) is 1. The Morgan fingerprint density at radius 3 is 3.12 bits per heavy atom. The monoisotopic (exact) mass is 254 g/mol. The molecule has 1 amide bonds. The van der Waals surface area contributed by atoms with Crippen molar-refractivity contribution in [1.29, 1.82) is 0 Å². The van der Waals surface area contributed by atoms with Gasteiger partial charge in [0.1, 0.15) is 0 Å². The van der Waals surface area contributed by atoms with Crippen molar-refractivity contribution in [3.63, 3.8) is 0 Å². The SMILES string of the molecule is CN(Cc1ccsc1)C(=O)CN1CCC(O)C1. The fraction of sp³-hybridized carbons (Fsp3) is 0.583. The van der Waals surface area contributed by atoms with E-state index in [1.54, 1.807) is 16.2 Å². The van der Waals surface area contributed by atoms with Crippen molar-refractivity contribution >= 4 is 17.2 Å². The molecule has 2 heterocycles. The maximum atomic E-state index is 11.9. The number of likely N-dealkylation sites (N-methyl/N-ethyl adjacent to an activating group) is 1. The van der Waals surface area contributed by atoms with Gasteiger partial charge in [-0.3, -0.25) is 9.69 Å². The maximum absolute atomic E-state index is 11.9. The average Bonchev–Trinajstić information content (AvgIpc) is 2.90. The molecule has 1 N–H and O–H groups in total. The molecule has 0 radical (unpaired) electrons. The first-order valence-electron chi connectivity index (χ1n) is 5.80. The second-order valence-electron chi connectivity index (χ2n) is 4.56. The van der Waals surface area contributed by atoms with E-state index in [0.29, 0.717) is 19.6 Å². The first kappa shape index (κ1) is 12.5. The van der Waals surface area contributed by atoms with Gasteiger partial charge in [0.25, 0.3) is 0 Å². The number of aliphatic hydroxyl groups is 1. The minimum Gasteiger partial charge on any atom is -0.392 e. The number of carbonyl (C=O) groups excluding carboxylic acids is 1. The molecule has 1 aliphatic heterocycles. The van der Waals surface area contributed by atoms with E-state index in [9.17, 15) is 9.90 Å². The molecule has 5 heteroatoms. The minimum absolute atomic E-state index is 0.116. The summed E-state index contributed by atoms with van der Waals surface area (Å²) in [6.45, 7) is 2.52. The molecule has 0 aromatic carbocycles. The van der Waals surface area contributed by atoms with Gasteiger partial charge in [-0.2, -0.15) is 11.3 Å². The van der Waals surface area contributed by atoms with Gasteiger partial charge in [-0.1, -0.05) is 0 Å². The number of nitrogens with zero attached hydrogens (tertiary/aromatic N) is 2. The second kappa shape index (κ2) is 5.62. The molecule has 0 saturated carbocycles. The summed E-state index contributed by atoms with van der Waals surface area (Å²) in [5, 5.41) is 13.5. The van der Waals surface area contributed by atoms with E-state index in [1.165, 1.54) is 5.56 Å². The van der Waals surface area contributed by atoms with Gasteiger partial charge in [0.15, 0.2) is 0 Å². The highest BCUT2D eigenvalue weighted by molar-refractivity contribution is 7.07.